The van der Waals surface area contributed by atoms with Crippen LogP contribution in [0.4, 0.5) is 5.69 Å². The highest BCUT2D eigenvalue weighted by Gasteiger charge is 2.24. The zero-order valence-electron chi connectivity index (χ0n) is 17.7. The Morgan fingerprint density at radius 2 is 1.59 bits per heavy atom. The predicted molar refractivity (Wildman–Crippen MR) is 110 cm³/mol. The van der Waals surface area contributed by atoms with Crippen LogP contribution in [0.2, 0.25) is 0 Å². The predicted octanol–water partition coefficient (Wildman–Crippen LogP) is 1.99. The van der Waals surface area contributed by atoms with Crippen LogP contribution in [0, 0.1) is 11.8 Å². The molecule has 0 aromatic heterocycles. The Kier molecular flexibility index (Phi) is 9.85. The number of rotatable bonds is 10. The van der Waals surface area contributed by atoms with E-state index in [2.05, 4.69) is 16.0 Å². The van der Waals surface area contributed by atoms with Gasteiger partial charge in [-0.2, -0.15) is 0 Å². The number of nitrogens with one attached hydrogen (secondary N) is 3. The third-order valence-corrected chi connectivity index (χ3v) is 3.96. The highest BCUT2D eigenvalue weighted by Crippen LogP contribution is 2.10. The quantitative estimate of drug-likeness (QED) is 0.515. The fourth-order valence-electron chi connectivity index (χ4n) is 2.49. The van der Waals surface area contributed by atoms with Gasteiger partial charge in [0.05, 0.1) is 6.54 Å². The lowest BCUT2D eigenvalue weighted by atomic mass is 10.0. The highest BCUT2D eigenvalue weighted by molar-refractivity contribution is 5.96. The molecule has 1 unspecified atom stereocenters. The maximum atomic E-state index is 12.4. The van der Waals surface area contributed by atoms with Gasteiger partial charge in [0.15, 0.2) is 0 Å². The zero-order valence-corrected chi connectivity index (χ0v) is 17.7. The van der Waals surface area contributed by atoms with Crippen molar-refractivity contribution in [3.63, 3.8) is 0 Å². The minimum Gasteiger partial charge on any atom is -0.461 e. The Balaban J connectivity index is 2.51. The van der Waals surface area contributed by atoms with E-state index in [0.717, 1.165) is 5.56 Å². The summed E-state index contributed by atoms with van der Waals surface area (Å²) in [5, 5.41) is 7.97. The van der Waals surface area contributed by atoms with Gasteiger partial charge >= 0.3 is 5.97 Å². The lowest BCUT2D eigenvalue weighted by Crippen LogP contribution is -2.51. The Morgan fingerprint density at radius 1 is 0.966 bits per heavy atom. The van der Waals surface area contributed by atoms with Crippen molar-refractivity contribution in [1.82, 2.24) is 10.6 Å². The number of esters is 1. The van der Waals surface area contributed by atoms with Crippen molar-refractivity contribution in [2.75, 3.05) is 11.9 Å². The SMILES string of the molecule is CC(=O)OCc1ccc(NC(=O)CNC(=O)C(NC(=O)CC(C)C)C(C)C)cc1. The van der Waals surface area contributed by atoms with Crippen molar-refractivity contribution in [2.24, 2.45) is 11.8 Å². The van der Waals surface area contributed by atoms with E-state index >= 15 is 0 Å². The maximum Gasteiger partial charge on any atom is 0.302 e. The number of benzene rings is 1. The van der Waals surface area contributed by atoms with Gasteiger partial charge in [-0.1, -0.05) is 39.8 Å². The molecule has 0 aliphatic rings. The lowest BCUT2D eigenvalue weighted by molar-refractivity contribution is -0.142. The molecule has 0 spiro atoms. The van der Waals surface area contributed by atoms with Gasteiger partial charge in [0, 0.05) is 19.0 Å². The maximum absolute atomic E-state index is 12.4. The summed E-state index contributed by atoms with van der Waals surface area (Å²) in [5.74, 6) is -1.26. The van der Waals surface area contributed by atoms with E-state index < -0.39 is 11.9 Å². The van der Waals surface area contributed by atoms with Crippen LogP contribution in [0.25, 0.3) is 0 Å². The molecule has 0 saturated heterocycles. The fourth-order valence-corrected chi connectivity index (χ4v) is 2.49. The summed E-state index contributed by atoms with van der Waals surface area (Å²) in [5.41, 5.74) is 1.35. The number of carbonyl (C=O) groups is 4. The topological polar surface area (TPSA) is 114 Å². The summed E-state index contributed by atoms with van der Waals surface area (Å²) >= 11 is 0. The van der Waals surface area contributed by atoms with Gasteiger partial charge in [0.1, 0.15) is 12.6 Å². The fraction of sp³-hybridized carbons (Fsp3) is 0.524. The number of amides is 3. The van der Waals surface area contributed by atoms with Crippen molar-refractivity contribution in [3.05, 3.63) is 29.8 Å². The molecule has 0 bridgehead atoms. The summed E-state index contributed by atoms with van der Waals surface area (Å²) < 4.78 is 4.90. The molecule has 1 atom stereocenters. The molecule has 0 heterocycles. The second-order valence-electron chi connectivity index (χ2n) is 7.63. The summed E-state index contributed by atoms with van der Waals surface area (Å²) in [7, 11) is 0. The minimum absolute atomic E-state index is 0.112. The highest BCUT2D eigenvalue weighted by atomic mass is 16.5. The first-order chi connectivity index (χ1) is 13.6. The van der Waals surface area contributed by atoms with Crippen LogP contribution in [-0.2, 0) is 30.5 Å². The van der Waals surface area contributed by atoms with E-state index in [9.17, 15) is 19.2 Å². The van der Waals surface area contributed by atoms with Crippen molar-refractivity contribution >= 4 is 29.4 Å². The van der Waals surface area contributed by atoms with E-state index in [0.29, 0.717) is 12.1 Å². The van der Waals surface area contributed by atoms with E-state index in [1.807, 2.05) is 27.7 Å². The van der Waals surface area contributed by atoms with Gasteiger partial charge in [0.25, 0.3) is 0 Å². The molecule has 0 aliphatic heterocycles. The molecule has 8 heteroatoms. The molecule has 0 fully saturated rings. The third-order valence-electron chi connectivity index (χ3n) is 3.96. The molecule has 0 aliphatic carbocycles. The molecule has 1 aromatic rings. The van der Waals surface area contributed by atoms with Crippen molar-refractivity contribution in [3.8, 4) is 0 Å². The molecular weight excluding hydrogens is 374 g/mol. The monoisotopic (exact) mass is 405 g/mol. The second kappa shape index (κ2) is 11.8. The van der Waals surface area contributed by atoms with Crippen LogP contribution in [0.5, 0.6) is 0 Å². The molecule has 0 saturated carbocycles. The molecule has 8 nitrogen and oxygen atoms in total. The average molecular weight is 405 g/mol. The summed E-state index contributed by atoms with van der Waals surface area (Å²) in [4.78, 5) is 47.3. The summed E-state index contributed by atoms with van der Waals surface area (Å²) in [6.45, 7) is 8.81. The first kappa shape index (κ1) is 24.1. The van der Waals surface area contributed by atoms with Crippen LogP contribution in [0.1, 0.15) is 46.6 Å². The van der Waals surface area contributed by atoms with Crippen molar-refractivity contribution in [1.29, 1.82) is 0 Å². The van der Waals surface area contributed by atoms with Crippen LogP contribution in [0.3, 0.4) is 0 Å². The number of ether oxygens (including phenoxy) is 1. The Hall–Kier alpha value is -2.90. The smallest absolute Gasteiger partial charge is 0.302 e. The van der Waals surface area contributed by atoms with E-state index in [-0.39, 0.29) is 42.8 Å². The normalized spacial score (nSPS) is 11.7. The number of hydrogen-bond acceptors (Lipinski definition) is 5. The van der Waals surface area contributed by atoms with Crippen LogP contribution >= 0.6 is 0 Å². The lowest BCUT2D eigenvalue weighted by Gasteiger charge is -2.22. The second-order valence-corrected chi connectivity index (χ2v) is 7.63. The molecule has 1 aromatic carbocycles. The van der Waals surface area contributed by atoms with Crippen molar-refractivity contribution in [2.45, 2.75) is 53.7 Å². The standard InChI is InChI=1S/C21H31N3O5/c1-13(2)10-18(26)24-20(14(3)4)21(28)22-11-19(27)23-17-8-6-16(7-9-17)12-29-15(5)25/h6-9,13-14,20H,10-12H2,1-5H3,(H,22,28)(H,23,27)(H,24,26). The van der Waals surface area contributed by atoms with E-state index in [4.69, 9.17) is 4.74 Å². The van der Waals surface area contributed by atoms with Gasteiger partial charge in [-0.05, 0) is 29.5 Å². The first-order valence-corrected chi connectivity index (χ1v) is 9.67. The van der Waals surface area contributed by atoms with Crippen LogP contribution in [0.15, 0.2) is 24.3 Å². The third kappa shape index (κ3) is 9.73. The number of carbonyl (C=O) groups excluding carboxylic acids is 4. The minimum atomic E-state index is -0.699. The molecular formula is C21H31N3O5. The van der Waals surface area contributed by atoms with Crippen LogP contribution in [-0.4, -0.2) is 36.3 Å². The Morgan fingerprint density at radius 3 is 2.10 bits per heavy atom. The Bertz CT molecular complexity index is 714. The molecule has 3 amide bonds. The molecule has 3 N–H and O–H groups in total. The van der Waals surface area contributed by atoms with E-state index in [1.165, 1.54) is 6.92 Å². The van der Waals surface area contributed by atoms with Gasteiger partial charge < -0.3 is 20.7 Å². The molecule has 160 valence electrons. The van der Waals surface area contributed by atoms with Gasteiger partial charge in [-0.15, -0.1) is 0 Å². The Labute approximate surface area is 171 Å². The molecule has 0 radical (unpaired) electrons. The average Bonchev–Trinajstić information content (AvgIpc) is 2.62. The summed E-state index contributed by atoms with van der Waals surface area (Å²) in [6, 6.07) is 6.13. The summed E-state index contributed by atoms with van der Waals surface area (Å²) in [6.07, 6.45) is 0.338. The number of anilines is 1. The zero-order chi connectivity index (χ0) is 22.0. The molecule has 29 heavy (non-hydrogen) atoms. The number of hydrogen-bond donors (Lipinski definition) is 3. The first-order valence-electron chi connectivity index (χ1n) is 9.67. The van der Waals surface area contributed by atoms with Crippen molar-refractivity contribution < 1.29 is 23.9 Å². The largest absolute Gasteiger partial charge is 0.461 e. The van der Waals surface area contributed by atoms with Crippen LogP contribution < -0.4 is 16.0 Å². The molecule has 1 rings (SSSR count). The van der Waals surface area contributed by atoms with Gasteiger partial charge in [-0.3, -0.25) is 19.2 Å². The van der Waals surface area contributed by atoms with Gasteiger partial charge in [-0.25, -0.2) is 0 Å². The van der Waals surface area contributed by atoms with E-state index in [1.54, 1.807) is 24.3 Å². The van der Waals surface area contributed by atoms with Gasteiger partial charge in [0.2, 0.25) is 17.7 Å².